The highest BCUT2D eigenvalue weighted by Gasteiger charge is 2.21. The van der Waals surface area contributed by atoms with E-state index in [4.69, 9.17) is 4.74 Å². The lowest BCUT2D eigenvalue weighted by molar-refractivity contribution is 0.101. The number of hydrogen-bond donors (Lipinski definition) is 0. The van der Waals surface area contributed by atoms with E-state index in [1.165, 1.54) is 5.56 Å². The number of carbonyl (C=O) groups is 1. The number of hydrogen-bond acceptors (Lipinski definition) is 3. The van der Waals surface area contributed by atoms with Gasteiger partial charge >= 0.3 is 0 Å². The Kier molecular flexibility index (Phi) is 4.30. The van der Waals surface area contributed by atoms with Crippen molar-refractivity contribution in [2.24, 2.45) is 0 Å². The summed E-state index contributed by atoms with van der Waals surface area (Å²) < 4.78 is 5.70. The first-order valence-electron chi connectivity index (χ1n) is 7.19. The summed E-state index contributed by atoms with van der Waals surface area (Å²) in [5.74, 6) is 2.67. The fourth-order valence-corrected chi connectivity index (χ4v) is 3.72. The number of ether oxygens (including phenoxy) is 1. The summed E-state index contributed by atoms with van der Waals surface area (Å²) in [5.41, 5.74) is 2.09. The predicted octanol–water partition coefficient (Wildman–Crippen LogP) is 4.55. The van der Waals surface area contributed by atoms with Gasteiger partial charge in [-0.05, 0) is 37.1 Å². The highest BCUT2D eigenvalue weighted by molar-refractivity contribution is 7.99. The molecule has 1 atom stereocenters. The Hall–Kier alpha value is -1.74. The number of carbonyl (C=O) groups excluding carboxylic acids is 1. The minimum atomic E-state index is 0.119. The summed E-state index contributed by atoms with van der Waals surface area (Å²) >= 11 is 1.81. The van der Waals surface area contributed by atoms with Gasteiger partial charge in [0.1, 0.15) is 5.75 Å². The zero-order chi connectivity index (χ0) is 14.7. The molecule has 0 saturated heterocycles. The first-order valence-corrected chi connectivity index (χ1v) is 8.18. The predicted molar refractivity (Wildman–Crippen MR) is 86.5 cm³/mol. The van der Waals surface area contributed by atoms with Crippen molar-refractivity contribution in [3.63, 3.8) is 0 Å². The molecule has 21 heavy (non-hydrogen) atoms. The largest absolute Gasteiger partial charge is 0.493 e. The smallest absolute Gasteiger partial charge is 0.159 e. The van der Waals surface area contributed by atoms with E-state index in [0.717, 1.165) is 35.0 Å². The third-order valence-electron chi connectivity index (χ3n) is 3.77. The molecule has 0 saturated carbocycles. The van der Waals surface area contributed by atoms with Crippen molar-refractivity contribution in [3.05, 3.63) is 59.7 Å². The third-order valence-corrected chi connectivity index (χ3v) is 4.93. The van der Waals surface area contributed by atoms with E-state index in [9.17, 15) is 4.79 Å². The van der Waals surface area contributed by atoms with Crippen LogP contribution in [0.2, 0.25) is 0 Å². The van der Waals surface area contributed by atoms with Crippen molar-refractivity contribution in [2.75, 3.05) is 12.4 Å². The van der Waals surface area contributed by atoms with Gasteiger partial charge in [0.05, 0.1) is 6.61 Å². The molecular formula is C18H18O2S. The Balaban J connectivity index is 1.71. The average Bonchev–Trinajstić information content (AvgIpc) is 2.53. The second kappa shape index (κ2) is 6.35. The van der Waals surface area contributed by atoms with Crippen molar-refractivity contribution in [2.45, 2.75) is 24.2 Å². The van der Waals surface area contributed by atoms with Gasteiger partial charge in [0.15, 0.2) is 5.78 Å². The molecule has 1 aliphatic rings. The fraction of sp³-hybridized carbons (Fsp3) is 0.278. The first kappa shape index (κ1) is 14.2. The molecule has 0 aromatic heterocycles. The molecule has 1 aliphatic heterocycles. The molecule has 0 aliphatic carbocycles. The molecule has 0 fully saturated rings. The average molecular weight is 298 g/mol. The minimum absolute atomic E-state index is 0.119. The normalized spacial score (nSPS) is 16.9. The van der Waals surface area contributed by atoms with Crippen LogP contribution < -0.4 is 4.74 Å². The molecule has 0 spiro atoms. The molecule has 1 unspecified atom stereocenters. The highest BCUT2D eigenvalue weighted by Crippen LogP contribution is 2.37. The lowest BCUT2D eigenvalue weighted by Gasteiger charge is -2.25. The molecule has 3 rings (SSSR count). The molecule has 108 valence electrons. The van der Waals surface area contributed by atoms with E-state index in [1.54, 1.807) is 6.92 Å². The summed E-state index contributed by atoms with van der Waals surface area (Å²) in [4.78, 5) is 12.6. The van der Waals surface area contributed by atoms with Gasteiger partial charge in [-0.25, -0.2) is 0 Å². The van der Waals surface area contributed by atoms with Gasteiger partial charge in [0.2, 0.25) is 0 Å². The summed E-state index contributed by atoms with van der Waals surface area (Å²) in [6, 6.07) is 16.2. The van der Waals surface area contributed by atoms with Crippen molar-refractivity contribution in [3.8, 4) is 5.75 Å². The minimum Gasteiger partial charge on any atom is -0.493 e. The number of fused-ring (bicyclic) bond motifs is 1. The van der Waals surface area contributed by atoms with Crippen LogP contribution in [0.25, 0.3) is 0 Å². The monoisotopic (exact) mass is 298 g/mol. The number of para-hydroxylation sites is 1. The van der Waals surface area contributed by atoms with Gasteiger partial charge in [0, 0.05) is 22.1 Å². The van der Waals surface area contributed by atoms with Crippen LogP contribution in [0.1, 0.15) is 35.2 Å². The van der Waals surface area contributed by atoms with Gasteiger partial charge in [0.25, 0.3) is 0 Å². The van der Waals surface area contributed by atoms with Crippen molar-refractivity contribution in [1.82, 2.24) is 0 Å². The van der Waals surface area contributed by atoms with Gasteiger partial charge < -0.3 is 4.74 Å². The van der Waals surface area contributed by atoms with Gasteiger partial charge in [-0.2, -0.15) is 0 Å². The first-order chi connectivity index (χ1) is 10.2. The van der Waals surface area contributed by atoms with Crippen LogP contribution in [0.4, 0.5) is 0 Å². The van der Waals surface area contributed by atoms with Crippen LogP contribution in [-0.2, 0) is 0 Å². The number of Topliss-reactive ketones (excluding diaryl/α,β-unsaturated/α-hetero) is 1. The van der Waals surface area contributed by atoms with Crippen molar-refractivity contribution < 1.29 is 9.53 Å². The van der Waals surface area contributed by atoms with Crippen molar-refractivity contribution in [1.29, 1.82) is 0 Å². The van der Waals surface area contributed by atoms with E-state index >= 15 is 0 Å². The fourth-order valence-electron chi connectivity index (χ4n) is 2.59. The van der Waals surface area contributed by atoms with Gasteiger partial charge in [-0.1, -0.05) is 30.3 Å². The Morgan fingerprint density at radius 2 is 2.10 bits per heavy atom. The maximum Gasteiger partial charge on any atom is 0.159 e. The zero-order valence-corrected chi connectivity index (χ0v) is 12.9. The van der Waals surface area contributed by atoms with E-state index in [2.05, 4.69) is 18.2 Å². The molecule has 3 heteroatoms. The van der Waals surface area contributed by atoms with Crippen LogP contribution in [0.15, 0.2) is 53.4 Å². The Bertz CT molecular complexity index is 651. The molecule has 0 amide bonds. The Labute approximate surface area is 129 Å². The van der Waals surface area contributed by atoms with Crippen molar-refractivity contribution >= 4 is 17.5 Å². The summed E-state index contributed by atoms with van der Waals surface area (Å²) in [6.45, 7) is 2.40. The number of benzene rings is 2. The van der Waals surface area contributed by atoms with E-state index in [-0.39, 0.29) is 5.78 Å². The van der Waals surface area contributed by atoms with Crippen LogP contribution in [0.3, 0.4) is 0 Å². The summed E-state index contributed by atoms with van der Waals surface area (Å²) in [5, 5.41) is 0. The SMILES string of the molecule is CC(=O)c1cccc(SCC2CCOc3ccccc32)c1. The molecule has 0 radical (unpaired) electrons. The topological polar surface area (TPSA) is 26.3 Å². The molecule has 0 N–H and O–H groups in total. The lowest BCUT2D eigenvalue weighted by Crippen LogP contribution is -2.15. The standard InChI is InChI=1S/C18H18O2S/c1-13(19)14-5-4-6-16(11-14)21-12-15-9-10-20-18-8-3-2-7-17(15)18/h2-8,11,15H,9-10,12H2,1H3. The highest BCUT2D eigenvalue weighted by atomic mass is 32.2. The van der Waals surface area contributed by atoms with E-state index < -0.39 is 0 Å². The number of thioether (sulfide) groups is 1. The quantitative estimate of drug-likeness (QED) is 0.612. The molecule has 2 aromatic carbocycles. The zero-order valence-electron chi connectivity index (χ0n) is 12.0. The van der Waals surface area contributed by atoms with Gasteiger partial charge in [-0.3, -0.25) is 4.79 Å². The Morgan fingerprint density at radius 1 is 1.24 bits per heavy atom. The second-order valence-corrected chi connectivity index (χ2v) is 6.36. The maximum absolute atomic E-state index is 11.4. The van der Waals surface area contributed by atoms with Gasteiger partial charge in [-0.15, -0.1) is 11.8 Å². The number of rotatable bonds is 4. The Morgan fingerprint density at radius 3 is 2.95 bits per heavy atom. The molecular weight excluding hydrogens is 280 g/mol. The molecule has 1 heterocycles. The molecule has 0 bridgehead atoms. The van der Waals surface area contributed by atoms with Crippen LogP contribution in [-0.4, -0.2) is 18.1 Å². The van der Waals surface area contributed by atoms with Crippen LogP contribution in [0, 0.1) is 0 Å². The lowest BCUT2D eigenvalue weighted by atomic mass is 9.95. The van der Waals surface area contributed by atoms with E-state index in [0.29, 0.717) is 5.92 Å². The van der Waals surface area contributed by atoms with E-state index in [1.807, 2.05) is 42.1 Å². The molecule has 2 nitrogen and oxygen atoms in total. The molecule has 2 aromatic rings. The third kappa shape index (κ3) is 3.30. The number of ketones is 1. The second-order valence-electron chi connectivity index (χ2n) is 5.27. The maximum atomic E-state index is 11.4. The van der Waals surface area contributed by atoms with Crippen LogP contribution in [0.5, 0.6) is 5.75 Å². The summed E-state index contributed by atoms with van der Waals surface area (Å²) in [7, 11) is 0. The van der Waals surface area contributed by atoms with Crippen LogP contribution >= 0.6 is 11.8 Å². The summed E-state index contributed by atoms with van der Waals surface area (Å²) in [6.07, 6.45) is 1.05.